The highest BCUT2D eigenvalue weighted by atomic mass is 16.5. The van der Waals surface area contributed by atoms with Crippen LogP contribution in [-0.2, 0) is 14.3 Å². The molecule has 0 fully saturated rings. The quantitative estimate of drug-likeness (QED) is 0.679. The lowest BCUT2D eigenvalue weighted by molar-refractivity contribution is -0.124. The Morgan fingerprint density at radius 2 is 1.48 bits per heavy atom. The van der Waals surface area contributed by atoms with Crippen molar-refractivity contribution in [1.82, 2.24) is 10.2 Å². The van der Waals surface area contributed by atoms with E-state index in [2.05, 4.69) is 10.6 Å². The Bertz CT molecular complexity index is 832. The molecule has 2 N–H and O–H groups in total. The molecular formula is C22H27N3O4. The smallest absolute Gasteiger partial charge is 0.254 e. The third-order valence-corrected chi connectivity index (χ3v) is 4.27. The van der Waals surface area contributed by atoms with Gasteiger partial charge in [0.05, 0.1) is 19.7 Å². The molecule has 0 spiro atoms. The van der Waals surface area contributed by atoms with Crippen LogP contribution in [0.25, 0.3) is 0 Å². The SMILES string of the molecule is COCCN(CC(=O)NCC(=O)Nc1ccc(C)cc1)C(=O)c1ccc(C)cc1. The summed E-state index contributed by atoms with van der Waals surface area (Å²) in [4.78, 5) is 38.4. The molecule has 0 atom stereocenters. The van der Waals surface area contributed by atoms with E-state index in [9.17, 15) is 14.4 Å². The molecule has 0 unspecified atom stereocenters. The third kappa shape index (κ3) is 7.38. The molecule has 154 valence electrons. The molecule has 0 aromatic heterocycles. The normalized spacial score (nSPS) is 10.3. The van der Waals surface area contributed by atoms with Crippen molar-refractivity contribution in [3.05, 3.63) is 65.2 Å². The van der Waals surface area contributed by atoms with E-state index in [-0.39, 0.29) is 31.4 Å². The van der Waals surface area contributed by atoms with Gasteiger partial charge in [0.15, 0.2) is 0 Å². The molecule has 0 heterocycles. The van der Waals surface area contributed by atoms with Crippen molar-refractivity contribution < 1.29 is 19.1 Å². The minimum atomic E-state index is -0.416. The molecule has 3 amide bonds. The molecule has 7 nitrogen and oxygen atoms in total. The summed E-state index contributed by atoms with van der Waals surface area (Å²) < 4.78 is 5.04. The van der Waals surface area contributed by atoms with Gasteiger partial charge in [0.25, 0.3) is 5.91 Å². The standard InChI is InChI=1S/C22H27N3O4/c1-16-4-8-18(9-5-16)22(28)25(12-13-29-3)15-21(27)23-14-20(26)24-19-10-6-17(2)7-11-19/h4-11H,12-15H2,1-3H3,(H,23,27)(H,24,26). The van der Waals surface area contributed by atoms with Crippen molar-refractivity contribution >= 4 is 23.4 Å². The molecule has 0 bridgehead atoms. The summed E-state index contributed by atoms with van der Waals surface area (Å²) in [6.07, 6.45) is 0. The van der Waals surface area contributed by atoms with Gasteiger partial charge in [-0.2, -0.15) is 0 Å². The molecule has 0 radical (unpaired) electrons. The maximum absolute atomic E-state index is 12.7. The number of methoxy groups -OCH3 is 1. The van der Waals surface area contributed by atoms with E-state index in [1.54, 1.807) is 24.3 Å². The summed E-state index contributed by atoms with van der Waals surface area (Å²) in [6, 6.07) is 14.5. The van der Waals surface area contributed by atoms with E-state index in [4.69, 9.17) is 4.74 Å². The molecule has 7 heteroatoms. The van der Waals surface area contributed by atoms with Crippen LogP contribution >= 0.6 is 0 Å². The summed E-state index contributed by atoms with van der Waals surface area (Å²) in [7, 11) is 1.53. The van der Waals surface area contributed by atoms with Crippen molar-refractivity contribution in [2.24, 2.45) is 0 Å². The largest absolute Gasteiger partial charge is 0.383 e. The Morgan fingerprint density at radius 1 is 0.897 bits per heavy atom. The van der Waals surface area contributed by atoms with E-state index in [1.165, 1.54) is 12.0 Å². The zero-order valence-corrected chi connectivity index (χ0v) is 17.0. The van der Waals surface area contributed by atoms with Crippen LogP contribution in [0.3, 0.4) is 0 Å². The molecule has 0 saturated heterocycles. The Labute approximate surface area is 171 Å². The van der Waals surface area contributed by atoms with Gasteiger partial charge in [0.2, 0.25) is 11.8 Å². The van der Waals surface area contributed by atoms with Gasteiger partial charge in [-0.3, -0.25) is 14.4 Å². The van der Waals surface area contributed by atoms with Gasteiger partial charge in [-0.1, -0.05) is 35.4 Å². The minimum absolute atomic E-state index is 0.159. The first-order valence-corrected chi connectivity index (χ1v) is 9.37. The van der Waals surface area contributed by atoms with Crippen LogP contribution in [0, 0.1) is 13.8 Å². The van der Waals surface area contributed by atoms with E-state index in [1.807, 2.05) is 38.1 Å². The fraction of sp³-hybridized carbons (Fsp3) is 0.318. The van der Waals surface area contributed by atoms with E-state index in [0.29, 0.717) is 17.9 Å². The first kappa shape index (κ1) is 22.1. The summed E-state index contributed by atoms with van der Waals surface area (Å²) >= 11 is 0. The first-order valence-electron chi connectivity index (χ1n) is 9.37. The van der Waals surface area contributed by atoms with Crippen molar-refractivity contribution in [3.8, 4) is 0 Å². The number of nitrogens with one attached hydrogen (secondary N) is 2. The van der Waals surface area contributed by atoms with Crippen LogP contribution in [0.5, 0.6) is 0 Å². The van der Waals surface area contributed by atoms with Crippen LogP contribution in [0.4, 0.5) is 5.69 Å². The van der Waals surface area contributed by atoms with E-state index >= 15 is 0 Å². The van der Waals surface area contributed by atoms with Crippen LogP contribution in [0.1, 0.15) is 21.5 Å². The Kier molecular flexibility index (Phi) is 8.36. The van der Waals surface area contributed by atoms with Gasteiger partial charge in [-0.05, 0) is 38.1 Å². The molecule has 29 heavy (non-hydrogen) atoms. The number of anilines is 1. The lowest BCUT2D eigenvalue weighted by Gasteiger charge is -2.22. The van der Waals surface area contributed by atoms with Crippen molar-refractivity contribution in [2.75, 3.05) is 38.7 Å². The number of amides is 3. The zero-order chi connectivity index (χ0) is 21.2. The van der Waals surface area contributed by atoms with Gasteiger partial charge in [-0.15, -0.1) is 0 Å². The number of ether oxygens (including phenoxy) is 1. The maximum Gasteiger partial charge on any atom is 0.254 e. The van der Waals surface area contributed by atoms with Gasteiger partial charge >= 0.3 is 0 Å². The van der Waals surface area contributed by atoms with E-state index < -0.39 is 5.91 Å². The molecule has 0 saturated carbocycles. The summed E-state index contributed by atoms with van der Waals surface area (Å²) in [6.45, 7) is 4.13. The number of carbonyl (C=O) groups is 3. The maximum atomic E-state index is 12.7. The predicted molar refractivity (Wildman–Crippen MR) is 112 cm³/mol. The fourth-order valence-corrected chi connectivity index (χ4v) is 2.58. The van der Waals surface area contributed by atoms with Crippen molar-refractivity contribution in [1.29, 1.82) is 0 Å². The Morgan fingerprint density at radius 3 is 2.07 bits per heavy atom. The van der Waals surface area contributed by atoms with Crippen LogP contribution in [0.2, 0.25) is 0 Å². The topological polar surface area (TPSA) is 87.7 Å². The minimum Gasteiger partial charge on any atom is -0.383 e. The molecular weight excluding hydrogens is 370 g/mol. The molecule has 2 aromatic carbocycles. The van der Waals surface area contributed by atoms with Crippen LogP contribution in [-0.4, -0.2) is 56.0 Å². The van der Waals surface area contributed by atoms with Crippen molar-refractivity contribution in [3.63, 3.8) is 0 Å². The van der Waals surface area contributed by atoms with Gasteiger partial charge in [-0.25, -0.2) is 0 Å². The number of aryl methyl sites for hydroxylation is 2. The van der Waals surface area contributed by atoms with Gasteiger partial charge < -0.3 is 20.3 Å². The fourth-order valence-electron chi connectivity index (χ4n) is 2.58. The predicted octanol–water partition coefficient (Wildman–Crippen LogP) is 2.15. The van der Waals surface area contributed by atoms with E-state index in [0.717, 1.165) is 11.1 Å². The number of benzene rings is 2. The molecule has 0 aliphatic carbocycles. The highest BCUT2D eigenvalue weighted by Gasteiger charge is 2.19. The average molecular weight is 397 g/mol. The highest BCUT2D eigenvalue weighted by molar-refractivity contribution is 5.98. The zero-order valence-electron chi connectivity index (χ0n) is 17.0. The number of nitrogens with zero attached hydrogens (tertiary/aromatic N) is 1. The first-order chi connectivity index (χ1) is 13.9. The molecule has 2 rings (SSSR count). The number of hydrogen-bond acceptors (Lipinski definition) is 4. The Balaban J connectivity index is 1.89. The lowest BCUT2D eigenvalue weighted by atomic mass is 10.1. The van der Waals surface area contributed by atoms with Gasteiger partial charge in [0.1, 0.15) is 0 Å². The highest BCUT2D eigenvalue weighted by Crippen LogP contribution is 2.09. The second-order valence-corrected chi connectivity index (χ2v) is 6.78. The third-order valence-electron chi connectivity index (χ3n) is 4.27. The van der Waals surface area contributed by atoms with Crippen molar-refractivity contribution in [2.45, 2.75) is 13.8 Å². The number of rotatable bonds is 9. The lowest BCUT2D eigenvalue weighted by Crippen LogP contribution is -2.44. The molecule has 0 aliphatic rings. The Hall–Kier alpha value is -3.19. The van der Waals surface area contributed by atoms with Crippen LogP contribution < -0.4 is 10.6 Å². The summed E-state index contributed by atoms with van der Waals surface area (Å²) in [5.74, 6) is -1.02. The molecule has 0 aliphatic heterocycles. The average Bonchev–Trinajstić information content (AvgIpc) is 2.71. The monoisotopic (exact) mass is 397 g/mol. The van der Waals surface area contributed by atoms with Gasteiger partial charge in [0, 0.05) is 24.9 Å². The second kappa shape index (κ2) is 11.0. The number of carbonyl (C=O) groups excluding carboxylic acids is 3. The van der Waals surface area contributed by atoms with Crippen LogP contribution in [0.15, 0.2) is 48.5 Å². The summed E-state index contributed by atoms with van der Waals surface area (Å²) in [5.41, 5.74) is 3.29. The second-order valence-electron chi connectivity index (χ2n) is 6.78. The molecule has 2 aromatic rings. The summed E-state index contributed by atoms with van der Waals surface area (Å²) in [5, 5.41) is 5.26. The number of hydrogen-bond donors (Lipinski definition) is 2.